The Balaban J connectivity index is 1.50. The summed E-state index contributed by atoms with van der Waals surface area (Å²) in [5, 5.41) is 4.76. The molecule has 0 amide bonds. The number of ether oxygens (including phenoxy) is 1. The Kier molecular flexibility index (Phi) is 6.54. The van der Waals surface area contributed by atoms with Crippen molar-refractivity contribution in [3.05, 3.63) is 81.9 Å². The van der Waals surface area contributed by atoms with Crippen LogP contribution in [0.4, 0.5) is 0 Å². The second kappa shape index (κ2) is 9.33. The Morgan fingerprint density at radius 3 is 2.55 bits per heavy atom. The van der Waals surface area contributed by atoms with E-state index in [1.165, 1.54) is 22.4 Å². The summed E-state index contributed by atoms with van der Waals surface area (Å²) in [7, 11) is 0. The fourth-order valence-corrected chi connectivity index (χ4v) is 4.54. The summed E-state index contributed by atoms with van der Waals surface area (Å²) >= 11 is 0. The molecule has 1 atom stereocenters. The number of benzene rings is 1. The molecule has 0 N–H and O–H groups in total. The van der Waals surface area contributed by atoms with Crippen LogP contribution in [0.2, 0.25) is 0 Å². The molecule has 1 fully saturated rings. The molecule has 31 heavy (non-hydrogen) atoms. The summed E-state index contributed by atoms with van der Waals surface area (Å²) < 4.78 is 8.31. The lowest BCUT2D eigenvalue weighted by Crippen LogP contribution is -2.38. The van der Waals surface area contributed by atoms with Crippen molar-refractivity contribution in [3.8, 4) is 0 Å². The molecule has 1 aliphatic rings. The SMILES string of the molecule is Cc1cc(Cc2ccccc2)cc([C@@H]2CN(Cc3c(C)nn(C(C)C)c3C)CCO2)n1. The molecule has 1 aliphatic heterocycles. The molecule has 2 aromatic heterocycles. The van der Waals surface area contributed by atoms with E-state index >= 15 is 0 Å². The highest BCUT2D eigenvalue weighted by atomic mass is 16.5. The summed E-state index contributed by atoms with van der Waals surface area (Å²) in [4.78, 5) is 7.32. The minimum Gasteiger partial charge on any atom is -0.369 e. The number of aryl methyl sites for hydroxylation is 2. The summed E-state index contributed by atoms with van der Waals surface area (Å²) in [6, 6.07) is 15.4. The van der Waals surface area contributed by atoms with Gasteiger partial charge in [-0.15, -0.1) is 0 Å². The molecule has 1 aromatic carbocycles. The highest BCUT2D eigenvalue weighted by Crippen LogP contribution is 2.26. The van der Waals surface area contributed by atoms with Crippen molar-refractivity contribution in [1.29, 1.82) is 0 Å². The van der Waals surface area contributed by atoms with Crippen molar-refractivity contribution >= 4 is 0 Å². The van der Waals surface area contributed by atoms with Crippen LogP contribution in [0.3, 0.4) is 0 Å². The molecule has 0 aliphatic carbocycles. The Morgan fingerprint density at radius 1 is 1.06 bits per heavy atom. The largest absolute Gasteiger partial charge is 0.369 e. The predicted molar refractivity (Wildman–Crippen MR) is 124 cm³/mol. The normalized spacial score (nSPS) is 17.4. The van der Waals surface area contributed by atoms with Gasteiger partial charge in [-0.2, -0.15) is 5.10 Å². The molecule has 3 heterocycles. The Hall–Kier alpha value is -2.50. The number of aromatic nitrogens is 3. The zero-order valence-electron chi connectivity index (χ0n) is 19.4. The number of rotatable bonds is 6. The van der Waals surface area contributed by atoms with E-state index < -0.39 is 0 Å². The molecule has 4 rings (SSSR count). The Morgan fingerprint density at radius 2 is 1.84 bits per heavy atom. The number of nitrogens with zero attached hydrogens (tertiary/aromatic N) is 4. The van der Waals surface area contributed by atoms with Gasteiger partial charge in [0, 0.05) is 42.6 Å². The van der Waals surface area contributed by atoms with Crippen LogP contribution >= 0.6 is 0 Å². The fourth-order valence-electron chi connectivity index (χ4n) is 4.54. The van der Waals surface area contributed by atoms with E-state index in [1.54, 1.807) is 0 Å². The van der Waals surface area contributed by atoms with E-state index in [4.69, 9.17) is 14.8 Å². The molecule has 5 nitrogen and oxygen atoms in total. The van der Waals surface area contributed by atoms with Crippen LogP contribution in [0.25, 0.3) is 0 Å². The summed E-state index contributed by atoms with van der Waals surface area (Å²) in [6.45, 7) is 14.2. The van der Waals surface area contributed by atoms with Gasteiger partial charge >= 0.3 is 0 Å². The highest BCUT2D eigenvalue weighted by Gasteiger charge is 2.25. The molecule has 0 bridgehead atoms. The third-order valence-corrected chi connectivity index (χ3v) is 6.11. The van der Waals surface area contributed by atoms with Gasteiger partial charge in [0.15, 0.2) is 0 Å². The van der Waals surface area contributed by atoms with E-state index in [0.29, 0.717) is 6.04 Å². The van der Waals surface area contributed by atoms with Gasteiger partial charge in [0.05, 0.1) is 18.0 Å². The molecule has 3 aromatic rings. The monoisotopic (exact) mass is 418 g/mol. The second-order valence-electron chi connectivity index (χ2n) is 8.99. The lowest BCUT2D eigenvalue weighted by atomic mass is 10.0. The van der Waals surface area contributed by atoms with Crippen molar-refractivity contribution in [1.82, 2.24) is 19.7 Å². The summed E-state index contributed by atoms with van der Waals surface area (Å²) in [5.41, 5.74) is 8.45. The molecule has 0 saturated carbocycles. The maximum atomic E-state index is 6.17. The van der Waals surface area contributed by atoms with Gasteiger partial charge < -0.3 is 4.74 Å². The lowest BCUT2D eigenvalue weighted by Gasteiger charge is -2.33. The van der Waals surface area contributed by atoms with Crippen molar-refractivity contribution in [2.75, 3.05) is 19.7 Å². The first-order valence-electron chi connectivity index (χ1n) is 11.3. The van der Waals surface area contributed by atoms with E-state index in [1.807, 2.05) is 0 Å². The van der Waals surface area contributed by atoms with Gasteiger partial charge in [-0.25, -0.2) is 0 Å². The second-order valence-corrected chi connectivity index (χ2v) is 8.99. The molecule has 0 radical (unpaired) electrons. The van der Waals surface area contributed by atoms with Crippen LogP contribution in [0.5, 0.6) is 0 Å². The van der Waals surface area contributed by atoms with E-state index in [9.17, 15) is 0 Å². The van der Waals surface area contributed by atoms with Gasteiger partial charge in [0.2, 0.25) is 0 Å². The first-order chi connectivity index (χ1) is 14.9. The van der Waals surface area contributed by atoms with Crippen LogP contribution in [-0.4, -0.2) is 39.4 Å². The van der Waals surface area contributed by atoms with Gasteiger partial charge in [0.1, 0.15) is 6.10 Å². The molecule has 164 valence electrons. The molecular weight excluding hydrogens is 384 g/mol. The third-order valence-electron chi connectivity index (χ3n) is 6.11. The minimum absolute atomic E-state index is 0.00364. The van der Waals surface area contributed by atoms with E-state index in [2.05, 4.69) is 86.7 Å². The van der Waals surface area contributed by atoms with Crippen LogP contribution in [0.15, 0.2) is 42.5 Å². The fraction of sp³-hybridized carbons (Fsp3) is 0.462. The van der Waals surface area contributed by atoms with Crippen LogP contribution < -0.4 is 0 Å². The third kappa shape index (κ3) is 5.05. The first-order valence-corrected chi connectivity index (χ1v) is 11.3. The topological polar surface area (TPSA) is 43.2 Å². The van der Waals surface area contributed by atoms with Crippen LogP contribution in [0.1, 0.15) is 65.5 Å². The average Bonchev–Trinajstić information content (AvgIpc) is 3.03. The zero-order chi connectivity index (χ0) is 22.0. The van der Waals surface area contributed by atoms with Crippen LogP contribution in [0, 0.1) is 20.8 Å². The van der Waals surface area contributed by atoms with Crippen molar-refractivity contribution < 1.29 is 4.74 Å². The van der Waals surface area contributed by atoms with E-state index in [-0.39, 0.29) is 6.10 Å². The van der Waals surface area contributed by atoms with Crippen molar-refractivity contribution in [3.63, 3.8) is 0 Å². The number of morpholine rings is 1. The van der Waals surface area contributed by atoms with Crippen molar-refractivity contribution in [2.24, 2.45) is 0 Å². The van der Waals surface area contributed by atoms with Crippen molar-refractivity contribution in [2.45, 2.75) is 59.7 Å². The smallest absolute Gasteiger partial charge is 0.112 e. The maximum absolute atomic E-state index is 6.17. The Labute approximate surface area is 186 Å². The summed E-state index contributed by atoms with van der Waals surface area (Å²) in [5.74, 6) is 0. The molecule has 0 spiro atoms. The van der Waals surface area contributed by atoms with Gasteiger partial charge in [0.25, 0.3) is 0 Å². The Bertz CT molecular complexity index is 1030. The number of hydrogen-bond donors (Lipinski definition) is 0. The first kappa shape index (κ1) is 21.7. The molecule has 5 heteroatoms. The standard InChI is InChI=1S/C26H34N4O/c1-18(2)30-21(5)24(20(4)28-30)16-29-11-12-31-26(17-29)25-15-23(13-19(3)27-25)14-22-9-7-6-8-10-22/h6-10,13,15,18,26H,11-12,14,16-17H2,1-5H3/t26-/m0/s1. The minimum atomic E-state index is 0.00364. The average molecular weight is 419 g/mol. The quantitative estimate of drug-likeness (QED) is 0.568. The zero-order valence-corrected chi connectivity index (χ0v) is 19.4. The molecular formula is C26H34N4O. The summed E-state index contributed by atoms with van der Waals surface area (Å²) in [6.07, 6.45) is 0.921. The number of hydrogen-bond acceptors (Lipinski definition) is 4. The molecule has 1 saturated heterocycles. The number of pyridine rings is 1. The van der Waals surface area contributed by atoms with Gasteiger partial charge in [-0.3, -0.25) is 14.6 Å². The van der Waals surface area contributed by atoms with Gasteiger partial charge in [-0.05, 0) is 64.3 Å². The predicted octanol–water partition coefficient (Wildman–Crippen LogP) is 4.95. The maximum Gasteiger partial charge on any atom is 0.112 e. The highest BCUT2D eigenvalue weighted by molar-refractivity contribution is 5.30. The van der Waals surface area contributed by atoms with Gasteiger partial charge in [-0.1, -0.05) is 30.3 Å². The van der Waals surface area contributed by atoms with Crippen LogP contribution in [-0.2, 0) is 17.7 Å². The van der Waals surface area contributed by atoms with E-state index in [0.717, 1.165) is 49.7 Å². The lowest BCUT2D eigenvalue weighted by molar-refractivity contribution is -0.0352. The molecule has 0 unspecified atom stereocenters.